The summed E-state index contributed by atoms with van der Waals surface area (Å²) in [6.07, 6.45) is 0. The van der Waals surface area contributed by atoms with Crippen molar-refractivity contribution in [2.24, 2.45) is 0 Å². The number of hydrogen-bond acceptors (Lipinski definition) is 4. The number of ether oxygens (including phenoxy) is 1. The van der Waals surface area contributed by atoms with Crippen LogP contribution in [0.5, 0.6) is 5.75 Å². The van der Waals surface area contributed by atoms with E-state index in [0.717, 1.165) is 26.4 Å². The van der Waals surface area contributed by atoms with Crippen molar-refractivity contribution in [3.05, 3.63) is 60.2 Å². The van der Waals surface area contributed by atoms with Crippen molar-refractivity contribution < 1.29 is 9.53 Å². The SMILES string of the molecule is C=C(C)C(=O)Oc1cc(-c2nc3ccccc3s2)ccc1C. The second kappa shape index (κ2) is 5.73. The van der Waals surface area contributed by atoms with Crippen molar-refractivity contribution in [2.45, 2.75) is 13.8 Å². The number of thiazole rings is 1. The van der Waals surface area contributed by atoms with Crippen LogP contribution in [0.1, 0.15) is 12.5 Å². The second-order valence-corrected chi connectivity index (χ2v) is 6.17. The third-order valence-corrected chi connectivity index (χ3v) is 4.37. The van der Waals surface area contributed by atoms with E-state index in [-0.39, 0.29) is 0 Å². The number of aryl methyl sites for hydroxylation is 1. The molecular formula is C18H15NO2S. The minimum atomic E-state index is -0.412. The first kappa shape index (κ1) is 14.5. The number of para-hydroxylation sites is 1. The molecule has 0 aliphatic carbocycles. The summed E-state index contributed by atoms with van der Waals surface area (Å²) in [5.74, 6) is 0.134. The number of benzene rings is 2. The number of rotatable bonds is 3. The fourth-order valence-corrected chi connectivity index (χ4v) is 2.99. The molecule has 3 aromatic rings. The number of aromatic nitrogens is 1. The molecule has 22 heavy (non-hydrogen) atoms. The van der Waals surface area contributed by atoms with Gasteiger partial charge in [0.15, 0.2) is 0 Å². The van der Waals surface area contributed by atoms with Crippen LogP contribution < -0.4 is 4.74 Å². The predicted molar refractivity (Wildman–Crippen MR) is 90.2 cm³/mol. The number of carbonyl (C=O) groups is 1. The molecule has 0 N–H and O–H groups in total. The van der Waals surface area contributed by atoms with Crippen LogP contribution in [0.15, 0.2) is 54.6 Å². The number of hydrogen-bond donors (Lipinski definition) is 0. The van der Waals surface area contributed by atoms with Crippen LogP contribution in [-0.4, -0.2) is 11.0 Å². The average Bonchev–Trinajstić information content (AvgIpc) is 2.93. The maximum atomic E-state index is 11.7. The first-order valence-corrected chi connectivity index (χ1v) is 7.70. The third kappa shape index (κ3) is 2.78. The van der Waals surface area contributed by atoms with Gasteiger partial charge in [-0.15, -0.1) is 11.3 Å². The molecule has 1 aromatic heterocycles. The Morgan fingerprint density at radius 2 is 2.00 bits per heavy atom. The van der Waals surface area contributed by atoms with E-state index in [9.17, 15) is 4.79 Å². The molecule has 110 valence electrons. The lowest BCUT2D eigenvalue weighted by Gasteiger charge is -2.08. The fourth-order valence-electron chi connectivity index (χ4n) is 2.03. The Morgan fingerprint density at radius 3 is 2.73 bits per heavy atom. The fraction of sp³-hybridized carbons (Fsp3) is 0.111. The Morgan fingerprint density at radius 1 is 1.23 bits per heavy atom. The van der Waals surface area contributed by atoms with Crippen LogP contribution in [0.3, 0.4) is 0 Å². The summed E-state index contributed by atoms with van der Waals surface area (Å²) in [7, 11) is 0. The molecule has 0 radical (unpaired) electrons. The third-order valence-electron chi connectivity index (χ3n) is 3.28. The summed E-state index contributed by atoms with van der Waals surface area (Å²) in [6.45, 7) is 7.15. The van der Waals surface area contributed by atoms with Crippen LogP contribution in [0.4, 0.5) is 0 Å². The molecule has 0 unspecified atom stereocenters. The Bertz CT molecular complexity index is 847. The molecule has 0 aliphatic rings. The quantitative estimate of drug-likeness (QED) is 0.398. The molecule has 0 atom stereocenters. The number of esters is 1. The minimum absolute atomic E-state index is 0.379. The van der Waals surface area contributed by atoms with Gasteiger partial charge in [-0.1, -0.05) is 30.8 Å². The van der Waals surface area contributed by atoms with E-state index in [1.165, 1.54) is 0 Å². The van der Waals surface area contributed by atoms with Gasteiger partial charge in [0.1, 0.15) is 10.8 Å². The van der Waals surface area contributed by atoms with Gasteiger partial charge >= 0.3 is 5.97 Å². The van der Waals surface area contributed by atoms with Crippen LogP contribution in [0, 0.1) is 6.92 Å². The zero-order chi connectivity index (χ0) is 15.7. The van der Waals surface area contributed by atoms with E-state index in [1.54, 1.807) is 18.3 Å². The Kier molecular flexibility index (Phi) is 3.77. The van der Waals surface area contributed by atoms with E-state index in [4.69, 9.17) is 4.74 Å². The smallest absolute Gasteiger partial charge is 0.338 e. The van der Waals surface area contributed by atoms with Gasteiger partial charge in [0.25, 0.3) is 0 Å². The minimum Gasteiger partial charge on any atom is -0.423 e. The molecule has 4 heteroatoms. The first-order chi connectivity index (χ1) is 10.5. The number of carbonyl (C=O) groups excluding carboxylic acids is 1. The maximum Gasteiger partial charge on any atom is 0.338 e. The Hall–Kier alpha value is -2.46. The van der Waals surface area contributed by atoms with Crippen LogP contribution >= 0.6 is 11.3 Å². The highest BCUT2D eigenvalue weighted by Gasteiger charge is 2.11. The van der Waals surface area contributed by atoms with Crippen molar-refractivity contribution in [2.75, 3.05) is 0 Å². The zero-order valence-electron chi connectivity index (χ0n) is 12.4. The van der Waals surface area contributed by atoms with Gasteiger partial charge in [0.05, 0.1) is 10.2 Å². The lowest BCUT2D eigenvalue weighted by Crippen LogP contribution is -2.09. The molecule has 0 amide bonds. The van der Waals surface area contributed by atoms with Gasteiger partial charge in [0, 0.05) is 11.1 Å². The number of nitrogens with zero attached hydrogens (tertiary/aromatic N) is 1. The summed E-state index contributed by atoms with van der Waals surface area (Å²) in [5.41, 5.74) is 3.20. The number of fused-ring (bicyclic) bond motifs is 1. The zero-order valence-corrected chi connectivity index (χ0v) is 13.2. The summed E-state index contributed by atoms with van der Waals surface area (Å²) in [5, 5.41) is 0.911. The van der Waals surface area contributed by atoms with E-state index < -0.39 is 5.97 Å². The van der Waals surface area contributed by atoms with E-state index in [0.29, 0.717) is 11.3 Å². The molecule has 1 heterocycles. The summed E-state index contributed by atoms with van der Waals surface area (Å²) >= 11 is 1.62. The van der Waals surface area contributed by atoms with Gasteiger partial charge in [-0.25, -0.2) is 9.78 Å². The molecule has 0 spiro atoms. The van der Waals surface area contributed by atoms with Crippen molar-refractivity contribution >= 4 is 27.5 Å². The molecule has 0 saturated carbocycles. The van der Waals surface area contributed by atoms with Gasteiger partial charge < -0.3 is 4.74 Å². The summed E-state index contributed by atoms with van der Waals surface area (Å²) in [4.78, 5) is 16.3. The first-order valence-electron chi connectivity index (χ1n) is 6.89. The van der Waals surface area contributed by atoms with Gasteiger partial charge in [-0.05, 0) is 37.6 Å². The average molecular weight is 309 g/mol. The molecule has 3 nitrogen and oxygen atoms in total. The summed E-state index contributed by atoms with van der Waals surface area (Å²) < 4.78 is 6.52. The van der Waals surface area contributed by atoms with Crippen LogP contribution in [0.25, 0.3) is 20.8 Å². The van der Waals surface area contributed by atoms with Crippen molar-refractivity contribution in [1.82, 2.24) is 4.98 Å². The topological polar surface area (TPSA) is 39.2 Å². The highest BCUT2D eigenvalue weighted by atomic mass is 32.1. The molecule has 3 rings (SSSR count). The second-order valence-electron chi connectivity index (χ2n) is 5.14. The lowest BCUT2D eigenvalue weighted by atomic mass is 10.1. The van der Waals surface area contributed by atoms with Gasteiger partial charge in [-0.3, -0.25) is 0 Å². The standard InChI is InChI=1S/C18H15NO2S/c1-11(2)18(20)21-15-10-13(9-8-12(15)3)17-19-14-6-4-5-7-16(14)22-17/h4-10H,1H2,2-3H3. The highest BCUT2D eigenvalue weighted by molar-refractivity contribution is 7.21. The Balaban J connectivity index is 2.00. The highest BCUT2D eigenvalue weighted by Crippen LogP contribution is 2.33. The van der Waals surface area contributed by atoms with Crippen LogP contribution in [0.2, 0.25) is 0 Å². The van der Waals surface area contributed by atoms with Crippen molar-refractivity contribution in [3.8, 4) is 16.3 Å². The van der Waals surface area contributed by atoms with Gasteiger partial charge in [0.2, 0.25) is 0 Å². The normalized spacial score (nSPS) is 10.6. The van der Waals surface area contributed by atoms with Crippen molar-refractivity contribution in [1.29, 1.82) is 0 Å². The van der Waals surface area contributed by atoms with Crippen LogP contribution in [-0.2, 0) is 4.79 Å². The molecular weight excluding hydrogens is 294 g/mol. The molecule has 2 aromatic carbocycles. The van der Waals surface area contributed by atoms with E-state index in [2.05, 4.69) is 11.6 Å². The Labute approximate surface area is 132 Å². The predicted octanol–water partition coefficient (Wildman–Crippen LogP) is 4.75. The summed E-state index contributed by atoms with van der Waals surface area (Å²) in [6, 6.07) is 13.8. The van der Waals surface area contributed by atoms with Gasteiger partial charge in [-0.2, -0.15) is 0 Å². The van der Waals surface area contributed by atoms with E-state index in [1.807, 2.05) is 49.4 Å². The molecule has 0 bridgehead atoms. The molecule has 0 fully saturated rings. The largest absolute Gasteiger partial charge is 0.423 e. The lowest BCUT2D eigenvalue weighted by molar-refractivity contribution is -0.130. The van der Waals surface area contributed by atoms with E-state index >= 15 is 0 Å². The molecule has 0 aliphatic heterocycles. The van der Waals surface area contributed by atoms with Crippen molar-refractivity contribution in [3.63, 3.8) is 0 Å². The monoisotopic (exact) mass is 309 g/mol. The maximum absolute atomic E-state index is 11.7. The molecule has 0 saturated heterocycles.